The molecular formula is C18H19ClO2. The predicted molar refractivity (Wildman–Crippen MR) is 86.6 cm³/mol. The first kappa shape index (κ1) is 15.6. The van der Waals surface area contributed by atoms with Gasteiger partial charge in [0, 0.05) is 11.4 Å². The van der Waals surface area contributed by atoms with E-state index in [1.807, 2.05) is 12.1 Å². The molecule has 2 nitrogen and oxygen atoms in total. The zero-order valence-corrected chi connectivity index (χ0v) is 13.3. The maximum Gasteiger partial charge on any atom is 0.171 e. The summed E-state index contributed by atoms with van der Waals surface area (Å²) in [5.74, 6) is 1.05. The Bertz CT molecular complexity index is 630. The minimum atomic E-state index is 0.00615. The minimum Gasteiger partial charge on any atom is -0.496 e. The maximum atomic E-state index is 12.4. The Kier molecular flexibility index (Phi) is 5.03. The summed E-state index contributed by atoms with van der Waals surface area (Å²) < 4.78 is 5.23. The van der Waals surface area contributed by atoms with Gasteiger partial charge >= 0.3 is 0 Å². The van der Waals surface area contributed by atoms with Crippen molar-refractivity contribution in [3.05, 3.63) is 64.2 Å². The zero-order chi connectivity index (χ0) is 15.4. The Morgan fingerprint density at radius 2 is 1.81 bits per heavy atom. The van der Waals surface area contributed by atoms with E-state index in [9.17, 15) is 4.79 Å². The quantitative estimate of drug-likeness (QED) is 0.734. The number of hydrogen-bond acceptors (Lipinski definition) is 2. The SMILES string of the molecule is COc1ccc(Cl)cc1C(=O)Cc1ccc(C(C)C)cc1. The number of halogens is 1. The van der Waals surface area contributed by atoms with Gasteiger partial charge in [-0.2, -0.15) is 0 Å². The molecule has 0 saturated carbocycles. The van der Waals surface area contributed by atoms with E-state index in [1.165, 1.54) is 5.56 Å². The number of carbonyl (C=O) groups excluding carboxylic acids is 1. The number of hydrogen-bond donors (Lipinski definition) is 0. The summed E-state index contributed by atoms with van der Waals surface area (Å²) in [4.78, 5) is 12.4. The predicted octanol–water partition coefficient (Wildman–Crippen LogP) is 4.90. The van der Waals surface area contributed by atoms with Crippen LogP contribution in [0.3, 0.4) is 0 Å². The van der Waals surface area contributed by atoms with Gasteiger partial charge in [0.05, 0.1) is 12.7 Å². The normalized spacial score (nSPS) is 10.7. The summed E-state index contributed by atoms with van der Waals surface area (Å²) in [6.45, 7) is 4.30. The van der Waals surface area contributed by atoms with Crippen LogP contribution in [0.2, 0.25) is 5.02 Å². The van der Waals surface area contributed by atoms with E-state index in [2.05, 4.69) is 26.0 Å². The number of benzene rings is 2. The number of carbonyl (C=O) groups is 1. The van der Waals surface area contributed by atoms with Crippen LogP contribution in [-0.2, 0) is 6.42 Å². The van der Waals surface area contributed by atoms with Crippen LogP contribution in [0.1, 0.15) is 41.3 Å². The highest BCUT2D eigenvalue weighted by atomic mass is 35.5. The number of methoxy groups -OCH3 is 1. The lowest BCUT2D eigenvalue weighted by Gasteiger charge is -2.09. The molecule has 2 rings (SSSR count). The molecule has 0 aliphatic heterocycles. The fourth-order valence-corrected chi connectivity index (χ4v) is 2.37. The molecule has 21 heavy (non-hydrogen) atoms. The van der Waals surface area contributed by atoms with Gasteiger partial charge in [-0.3, -0.25) is 4.79 Å². The highest BCUT2D eigenvalue weighted by Crippen LogP contribution is 2.24. The van der Waals surface area contributed by atoms with Gasteiger partial charge in [0.1, 0.15) is 5.75 Å². The first-order valence-electron chi connectivity index (χ1n) is 6.97. The molecule has 0 heterocycles. The molecule has 0 aliphatic rings. The van der Waals surface area contributed by atoms with Crippen molar-refractivity contribution in [1.29, 1.82) is 0 Å². The van der Waals surface area contributed by atoms with Crippen LogP contribution in [0.4, 0.5) is 0 Å². The lowest BCUT2D eigenvalue weighted by atomic mass is 9.98. The van der Waals surface area contributed by atoms with Gasteiger partial charge in [0.2, 0.25) is 0 Å². The molecule has 110 valence electrons. The average Bonchev–Trinajstić information content (AvgIpc) is 2.47. The van der Waals surface area contributed by atoms with Gasteiger partial charge in [-0.15, -0.1) is 0 Å². The van der Waals surface area contributed by atoms with Gasteiger partial charge in [-0.25, -0.2) is 0 Å². The Balaban J connectivity index is 2.19. The van der Waals surface area contributed by atoms with E-state index in [0.717, 1.165) is 5.56 Å². The van der Waals surface area contributed by atoms with E-state index in [0.29, 0.717) is 28.7 Å². The third kappa shape index (κ3) is 3.85. The van der Waals surface area contributed by atoms with Crippen LogP contribution < -0.4 is 4.74 Å². The molecule has 0 amide bonds. The van der Waals surface area contributed by atoms with Crippen molar-refractivity contribution in [1.82, 2.24) is 0 Å². The third-order valence-electron chi connectivity index (χ3n) is 3.47. The third-order valence-corrected chi connectivity index (χ3v) is 3.71. The monoisotopic (exact) mass is 302 g/mol. The van der Waals surface area contributed by atoms with Gasteiger partial charge in [-0.1, -0.05) is 49.7 Å². The minimum absolute atomic E-state index is 0.00615. The molecule has 0 unspecified atom stereocenters. The maximum absolute atomic E-state index is 12.4. The number of ether oxygens (including phenoxy) is 1. The summed E-state index contributed by atoms with van der Waals surface area (Å²) in [6, 6.07) is 13.2. The lowest BCUT2D eigenvalue weighted by Crippen LogP contribution is -2.06. The van der Waals surface area contributed by atoms with E-state index >= 15 is 0 Å². The van der Waals surface area contributed by atoms with Crippen LogP contribution in [0.15, 0.2) is 42.5 Å². The van der Waals surface area contributed by atoms with Crippen LogP contribution in [0.5, 0.6) is 5.75 Å². The molecular weight excluding hydrogens is 284 g/mol. The summed E-state index contributed by atoms with van der Waals surface area (Å²) >= 11 is 5.97. The number of Topliss-reactive ketones (excluding diaryl/α,β-unsaturated/α-hetero) is 1. The Labute approximate surface area is 130 Å². The Morgan fingerprint density at radius 1 is 1.14 bits per heavy atom. The molecule has 0 N–H and O–H groups in total. The molecule has 0 bridgehead atoms. The largest absolute Gasteiger partial charge is 0.496 e. The summed E-state index contributed by atoms with van der Waals surface area (Å²) in [5, 5.41) is 0.536. The molecule has 0 saturated heterocycles. The fourth-order valence-electron chi connectivity index (χ4n) is 2.20. The molecule has 0 radical (unpaired) electrons. The Morgan fingerprint density at radius 3 is 2.38 bits per heavy atom. The smallest absolute Gasteiger partial charge is 0.171 e. The van der Waals surface area contributed by atoms with Crippen molar-refractivity contribution >= 4 is 17.4 Å². The topological polar surface area (TPSA) is 26.3 Å². The number of ketones is 1. The van der Waals surface area contributed by atoms with Crippen LogP contribution in [0.25, 0.3) is 0 Å². The highest BCUT2D eigenvalue weighted by Gasteiger charge is 2.13. The summed E-state index contributed by atoms with van der Waals surface area (Å²) in [6.07, 6.45) is 0.342. The van der Waals surface area contributed by atoms with Gasteiger partial charge < -0.3 is 4.74 Å². The number of rotatable bonds is 5. The second-order valence-corrected chi connectivity index (χ2v) is 5.78. The van der Waals surface area contributed by atoms with E-state index in [1.54, 1.807) is 25.3 Å². The average molecular weight is 303 g/mol. The molecule has 2 aromatic rings. The lowest BCUT2D eigenvalue weighted by molar-refractivity contribution is 0.0990. The second-order valence-electron chi connectivity index (χ2n) is 5.34. The van der Waals surface area contributed by atoms with Crippen molar-refractivity contribution in [2.24, 2.45) is 0 Å². The molecule has 0 spiro atoms. The zero-order valence-electron chi connectivity index (χ0n) is 12.5. The van der Waals surface area contributed by atoms with Gasteiger partial charge in [0.15, 0.2) is 5.78 Å². The van der Waals surface area contributed by atoms with E-state index in [4.69, 9.17) is 16.3 Å². The van der Waals surface area contributed by atoms with Crippen molar-refractivity contribution in [2.45, 2.75) is 26.2 Å². The molecule has 0 aromatic heterocycles. The molecule has 0 fully saturated rings. The highest BCUT2D eigenvalue weighted by molar-refractivity contribution is 6.31. The Hall–Kier alpha value is -1.80. The van der Waals surface area contributed by atoms with Gasteiger partial charge in [-0.05, 0) is 35.2 Å². The first-order valence-corrected chi connectivity index (χ1v) is 7.34. The van der Waals surface area contributed by atoms with Crippen LogP contribution in [0, 0.1) is 0 Å². The molecule has 0 atom stereocenters. The van der Waals surface area contributed by atoms with E-state index < -0.39 is 0 Å². The standard InChI is InChI=1S/C18H19ClO2/c1-12(2)14-6-4-13(5-7-14)10-17(20)16-11-15(19)8-9-18(16)21-3/h4-9,11-12H,10H2,1-3H3. The summed E-state index contributed by atoms with van der Waals surface area (Å²) in [7, 11) is 1.55. The second kappa shape index (κ2) is 6.77. The van der Waals surface area contributed by atoms with Crippen molar-refractivity contribution in [2.75, 3.05) is 7.11 Å². The fraction of sp³-hybridized carbons (Fsp3) is 0.278. The molecule has 0 aliphatic carbocycles. The first-order chi connectivity index (χ1) is 10.0. The van der Waals surface area contributed by atoms with Crippen molar-refractivity contribution < 1.29 is 9.53 Å². The van der Waals surface area contributed by atoms with Crippen molar-refractivity contribution in [3.63, 3.8) is 0 Å². The van der Waals surface area contributed by atoms with E-state index in [-0.39, 0.29) is 5.78 Å². The van der Waals surface area contributed by atoms with Gasteiger partial charge in [0.25, 0.3) is 0 Å². The summed E-state index contributed by atoms with van der Waals surface area (Å²) in [5.41, 5.74) is 2.79. The van der Waals surface area contributed by atoms with Crippen LogP contribution >= 0.6 is 11.6 Å². The molecule has 2 aromatic carbocycles. The molecule has 3 heteroatoms. The van der Waals surface area contributed by atoms with Crippen LogP contribution in [-0.4, -0.2) is 12.9 Å². The van der Waals surface area contributed by atoms with Crippen molar-refractivity contribution in [3.8, 4) is 5.75 Å².